The highest BCUT2D eigenvalue weighted by atomic mass is 32.2. The standard InChI is InChI=1S/C19H21NOS/c1-3-19(18(21)22-17-12-8-5-9-13-17)14-20(19)15(2)16-10-6-4-7-11-16/h4-13,15H,3,14H2,1-2H3. The van der Waals surface area contributed by atoms with Crippen LogP contribution in [0.15, 0.2) is 65.6 Å². The van der Waals surface area contributed by atoms with Gasteiger partial charge in [-0.3, -0.25) is 9.69 Å². The Labute approximate surface area is 136 Å². The molecule has 0 saturated carbocycles. The molecule has 3 heteroatoms. The summed E-state index contributed by atoms with van der Waals surface area (Å²) < 4.78 is 0. The molecular formula is C19H21NOS. The molecular weight excluding hydrogens is 290 g/mol. The summed E-state index contributed by atoms with van der Waals surface area (Å²) in [7, 11) is 0. The lowest BCUT2D eigenvalue weighted by Gasteiger charge is -2.20. The number of rotatable bonds is 5. The summed E-state index contributed by atoms with van der Waals surface area (Å²) in [6, 6.07) is 20.6. The predicted octanol–water partition coefficient (Wildman–Crippen LogP) is 4.53. The second-order valence-corrected chi connectivity index (χ2v) is 6.85. The zero-order valence-corrected chi connectivity index (χ0v) is 13.8. The van der Waals surface area contributed by atoms with Gasteiger partial charge in [-0.2, -0.15) is 0 Å². The van der Waals surface area contributed by atoms with Gasteiger partial charge in [0.15, 0.2) is 0 Å². The summed E-state index contributed by atoms with van der Waals surface area (Å²) in [5.74, 6) is 0. The van der Waals surface area contributed by atoms with Gasteiger partial charge in [0, 0.05) is 17.5 Å². The van der Waals surface area contributed by atoms with Crippen molar-refractivity contribution in [1.29, 1.82) is 0 Å². The molecule has 0 aromatic heterocycles. The van der Waals surface area contributed by atoms with Crippen LogP contribution in [0.25, 0.3) is 0 Å². The van der Waals surface area contributed by atoms with E-state index >= 15 is 0 Å². The molecule has 22 heavy (non-hydrogen) atoms. The van der Waals surface area contributed by atoms with Crippen LogP contribution in [-0.4, -0.2) is 22.1 Å². The van der Waals surface area contributed by atoms with E-state index in [9.17, 15) is 4.79 Å². The Bertz CT molecular complexity index is 643. The molecule has 3 atom stereocenters. The average Bonchev–Trinajstić information content (AvgIpc) is 3.32. The Morgan fingerprint density at radius 2 is 1.73 bits per heavy atom. The minimum Gasteiger partial charge on any atom is -0.285 e. The molecule has 2 nitrogen and oxygen atoms in total. The molecule has 0 N–H and O–H groups in total. The van der Waals surface area contributed by atoms with Gasteiger partial charge in [0.05, 0.1) is 0 Å². The van der Waals surface area contributed by atoms with Crippen molar-refractivity contribution in [3.8, 4) is 0 Å². The highest BCUT2D eigenvalue weighted by molar-refractivity contribution is 8.13. The van der Waals surface area contributed by atoms with Gasteiger partial charge in [0.2, 0.25) is 5.12 Å². The van der Waals surface area contributed by atoms with Gasteiger partial charge >= 0.3 is 0 Å². The second kappa shape index (κ2) is 6.27. The number of carbonyl (C=O) groups is 1. The summed E-state index contributed by atoms with van der Waals surface area (Å²) in [5.41, 5.74) is 0.978. The Balaban J connectivity index is 1.73. The third-order valence-corrected chi connectivity index (χ3v) is 5.62. The molecule has 1 heterocycles. The predicted molar refractivity (Wildman–Crippen MR) is 91.9 cm³/mol. The van der Waals surface area contributed by atoms with E-state index in [4.69, 9.17) is 0 Å². The zero-order valence-electron chi connectivity index (χ0n) is 13.0. The van der Waals surface area contributed by atoms with E-state index in [-0.39, 0.29) is 16.7 Å². The van der Waals surface area contributed by atoms with Gasteiger partial charge in [0.1, 0.15) is 5.54 Å². The Morgan fingerprint density at radius 3 is 2.32 bits per heavy atom. The number of hydrogen-bond donors (Lipinski definition) is 0. The second-order valence-electron chi connectivity index (χ2n) is 5.80. The van der Waals surface area contributed by atoms with E-state index < -0.39 is 0 Å². The van der Waals surface area contributed by atoms with Crippen LogP contribution in [0, 0.1) is 0 Å². The summed E-state index contributed by atoms with van der Waals surface area (Å²) in [6.07, 6.45) is 0.864. The van der Waals surface area contributed by atoms with Crippen LogP contribution in [-0.2, 0) is 4.79 Å². The normalized spacial score (nSPS) is 24.7. The Hall–Kier alpha value is -1.58. The maximum Gasteiger partial charge on any atom is 0.215 e. The van der Waals surface area contributed by atoms with Crippen LogP contribution in [0.2, 0.25) is 0 Å². The molecule has 3 unspecified atom stereocenters. The van der Waals surface area contributed by atoms with Crippen LogP contribution in [0.5, 0.6) is 0 Å². The minimum absolute atomic E-state index is 0.268. The molecule has 1 aliphatic heterocycles. The van der Waals surface area contributed by atoms with Crippen LogP contribution in [0.3, 0.4) is 0 Å². The first kappa shape index (κ1) is 15.3. The van der Waals surface area contributed by atoms with Crippen molar-refractivity contribution < 1.29 is 4.79 Å². The fraction of sp³-hybridized carbons (Fsp3) is 0.316. The SMILES string of the molecule is CCC1(C(=O)Sc2ccccc2)CN1C(C)c1ccccc1. The Morgan fingerprint density at radius 1 is 1.14 bits per heavy atom. The molecule has 0 amide bonds. The molecule has 3 rings (SSSR count). The summed E-state index contributed by atoms with van der Waals surface area (Å²) in [6.45, 7) is 5.16. The van der Waals surface area contributed by atoms with Gasteiger partial charge < -0.3 is 0 Å². The fourth-order valence-corrected chi connectivity index (χ4v) is 4.02. The molecule has 1 fully saturated rings. The maximum absolute atomic E-state index is 12.8. The highest BCUT2D eigenvalue weighted by Gasteiger charge is 2.58. The smallest absolute Gasteiger partial charge is 0.215 e. The van der Waals surface area contributed by atoms with E-state index in [0.29, 0.717) is 0 Å². The highest BCUT2D eigenvalue weighted by Crippen LogP contribution is 2.47. The molecule has 2 aromatic rings. The monoisotopic (exact) mass is 311 g/mol. The van der Waals surface area contributed by atoms with E-state index in [1.54, 1.807) is 0 Å². The number of benzene rings is 2. The van der Waals surface area contributed by atoms with Crippen LogP contribution in [0.1, 0.15) is 31.9 Å². The van der Waals surface area contributed by atoms with Crippen LogP contribution < -0.4 is 0 Å². The molecule has 0 bridgehead atoms. The van der Waals surface area contributed by atoms with Crippen molar-refractivity contribution in [1.82, 2.24) is 4.90 Å². The Kier molecular flexibility index (Phi) is 4.37. The lowest BCUT2D eigenvalue weighted by molar-refractivity contribution is -0.114. The molecule has 114 valence electrons. The van der Waals surface area contributed by atoms with Gasteiger partial charge in [-0.1, -0.05) is 55.5 Å². The number of carbonyl (C=O) groups excluding carboxylic acids is 1. The molecule has 1 saturated heterocycles. The van der Waals surface area contributed by atoms with Gasteiger partial charge in [-0.15, -0.1) is 0 Å². The molecule has 0 spiro atoms. The minimum atomic E-state index is -0.296. The van der Waals surface area contributed by atoms with Crippen LogP contribution >= 0.6 is 11.8 Å². The first-order valence-corrected chi connectivity index (χ1v) is 8.58. The molecule has 1 aliphatic rings. The first-order chi connectivity index (χ1) is 10.7. The summed E-state index contributed by atoms with van der Waals surface area (Å²) >= 11 is 1.37. The van der Waals surface area contributed by atoms with Crippen molar-refractivity contribution in [2.45, 2.75) is 36.7 Å². The quantitative estimate of drug-likeness (QED) is 0.597. The molecule has 0 radical (unpaired) electrons. The van der Waals surface area contributed by atoms with E-state index in [1.807, 2.05) is 36.4 Å². The largest absolute Gasteiger partial charge is 0.285 e. The summed E-state index contributed by atoms with van der Waals surface area (Å²) in [4.78, 5) is 16.1. The molecule has 2 aromatic carbocycles. The third kappa shape index (κ3) is 2.83. The topological polar surface area (TPSA) is 20.1 Å². The third-order valence-electron chi connectivity index (χ3n) is 4.55. The lowest BCUT2D eigenvalue weighted by atomic mass is 10.1. The average molecular weight is 311 g/mol. The van der Waals surface area contributed by atoms with E-state index in [0.717, 1.165) is 17.9 Å². The first-order valence-electron chi connectivity index (χ1n) is 7.76. The number of thioether (sulfide) groups is 1. The van der Waals surface area contributed by atoms with E-state index in [1.165, 1.54) is 17.3 Å². The van der Waals surface area contributed by atoms with Gasteiger partial charge in [0.25, 0.3) is 0 Å². The summed E-state index contributed by atoms with van der Waals surface area (Å²) in [5, 5.41) is 0.268. The lowest BCUT2D eigenvalue weighted by Crippen LogP contribution is -2.28. The zero-order chi connectivity index (χ0) is 15.6. The van der Waals surface area contributed by atoms with Crippen molar-refractivity contribution in [2.24, 2.45) is 0 Å². The van der Waals surface area contributed by atoms with Crippen molar-refractivity contribution in [3.63, 3.8) is 0 Å². The van der Waals surface area contributed by atoms with Crippen molar-refractivity contribution in [3.05, 3.63) is 66.2 Å². The number of nitrogens with zero attached hydrogens (tertiary/aromatic N) is 1. The fourth-order valence-electron chi connectivity index (χ4n) is 3.00. The van der Waals surface area contributed by atoms with Crippen molar-refractivity contribution in [2.75, 3.05) is 6.54 Å². The van der Waals surface area contributed by atoms with Gasteiger partial charge in [-0.05, 0) is 42.8 Å². The maximum atomic E-state index is 12.8. The van der Waals surface area contributed by atoms with Crippen molar-refractivity contribution >= 4 is 16.9 Å². The number of hydrogen-bond acceptors (Lipinski definition) is 3. The molecule has 0 aliphatic carbocycles. The van der Waals surface area contributed by atoms with E-state index in [2.05, 4.69) is 43.0 Å². The van der Waals surface area contributed by atoms with Gasteiger partial charge in [-0.25, -0.2) is 0 Å². The van der Waals surface area contributed by atoms with Crippen LogP contribution in [0.4, 0.5) is 0 Å².